The molecule has 1 heterocycles. The third kappa shape index (κ3) is 4.59. The van der Waals surface area contributed by atoms with E-state index in [4.69, 9.17) is 4.99 Å². The second kappa shape index (κ2) is 8.73. The highest BCUT2D eigenvalue weighted by Crippen LogP contribution is 2.27. The molecule has 0 spiro atoms. The summed E-state index contributed by atoms with van der Waals surface area (Å²) in [6.07, 6.45) is 13.2. The zero-order chi connectivity index (χ0) is 14.1. The molecule has 0 aliphatic carbocycles. The molecule has 1 unspecified atom stereocenters. The molecular weight excluding hydrogens is 246 g/mol. The quantitative estimate of drug-likeness (QED) is 0.585. The summed E-state index contributed by atoms with van der Waals surface area (Å²) in [7, 11) is -1.43. The molecule has 0 saturated heterocycles. The monoisotopic (exact) mass is 279 g/mol. The molecule has 19 heavy (non-hydrogen) atoms. The van der Waals surface area contributed by atoms with Crippen molar-refractivity contribution in [2.24, 2.45) is 4.99 Å². The van der Waals surface area contributed by atoms with E-state index < -0.39 is 8.07 Å². The number of nitrogens with zero attached hydrogens (tertiary/aromatic N) is 1. The first-order valence-corrected chi connectivity index (χ1v) is 11.1. The van der Waals surface area contributed by atoms with E-state index in [2.05, 4.69) is 33.4 Å². The molecule has 1 atom stereocenters. The van der Waals surface area contributed by atoms with Gasteiger partial charge in [0.25, 0.3) is 0 Å². The molecule has 0 aromatic carbocycles. The Morgan fingerprint density at radius 3 is 2.32 bits per heavy atom. The zero-order valence-electron chi connectivity index (χ0n) is 13.6. The maximum absolute atomic E-state index is 5.08. The van der Waals surface area contributed by atoms with Gasteiger partial charge >= 0.3 is 0 Å². The van der Waals surface area contributed by atoms with Crippen LogP contribution < -0.4 is 0 Å². The highest BCUT2D eigenvalue weighted by Gasteiger charge is 2.33. The van der Waals surface area contributed by atoms with Crippen molar-refractivity contribution in [1.29, 1.82) is 0 Å². The Bertz CT molecular complexity index is 319. The van der Waals surface area contributed by atoms with Crippen LogP contribution in [-0.2, 0) is 0 Å². The predicted octanol–water partition coefficient (Wildman–Crippen LogP) is 5.70. The Kier molecular flexibility index (Phi) is 7.66. The lowest BCUT2D eigenvalue weighted by Crippen LogP contribution is -2.43. The predicted molar refractivity (Wildman–Crippen MR) is 90.8 cm³/mol. The van der Waals surface area contributed by atoms with Crippen LogP contribution in [0.2, 0.25) is 12.6 Å². The molecule has 1 rings (SSSR count). The molecule has 2 heteroatoms. The van der Waals surface area contributed by atoms with Gasteiger partial charge in [-0.25, -0.2) is 0 Å². The van der Waals surface area contributed by atoms with E-state index in [0.29, 0.717) is 0 Å². The fourth-order valence-electron chi connectivity index (χ4n) is 3.38. The largest absolute Gasteiger partial charge is 0.298 e. The van der Waals surface area contributed by atoms with Gasteiger partial charge in [-0.3, -0.25) is 4.99 Å². The molecule has 110 valence electrons. The molecule has 0 radical (unpaired) electrons. The Morgan fingerprint density at radius 2 is 1.74 bits per heavy atom. The van der Waals surface area contributed by atoms with Gasteiger partial charge < -0.3 is 0 Å². The summed E-state index contributed by atoms with van der Waals surface area (Å²) in [5.74, 6) is 0. The summed E-state index contributed by atoms with van der Waals surface area (Å²) in [5, 5.41) is 3.33. The van der Waals surface area contributed by atoms with Crippen LogP contribution in [0, 0.1) is 0 Å². The van der Waals surface area contributed by atoms with Crippen molar-refractivity contribution in [1.82, 2.24) is 0 Å². The SMILES string of the molecule is C/C=C(\CC)[Si](C)(CC)C1=NCCCCCCCC1. The van der Waals surface area contributed by atoms with Gasteiger partial charge in [-0.2, -0.15) is 0 Å². The van der Waals surface area contributed by atoms with Gasteiger partial charge in [0.2, 0.25) is 0 Å². The van der Waals surface area contributed by atoms with Crippen LogP contribution in [0.1, 0.15) is 72.1 Å². The lowest BCUT2D eigenvalue weighted by atomic mass is 10.1. The number of hydrogen-bond acceptors (Lipinski definition) is 1. The van der Waals surface area contributed by atoms with Crippen LogP contribution in [0.25, 0.3) is 0 Å². The first kappa shape index (κ1) is 16.7. The third-order valence-corrected chi connectivity index (χ3v) is 10.1. The molecule has 0 aromatic rings. The number of allylic oxidation sites excluding steroid dienone is 2. The maximum Gasteiger partial charge on any atom is 0.127 e. The average molecular weight is 280 g/mol. The number of hydrogen-bond donors (Lipinski definition) is 0. The van der Waals surface area contributed by atoms with E-state index in [1.165, 1.54) is 57.4 Å². The Hall–Kier alpha value is -0.373. The highest BCUT2D eigenvalue weighted by atomic mass is 28.3. The minimum absolute atomic E-state index is 1.08. The van der Waals surface area contributed by atoms with Crippen molar-refractivity contribution in [3.8, 4) is 0 Å². The van der Waals surface area contributed by atoms with Crippen LogP contribution in [-0.4, -0.2) is 20.0 Å². The van der Waals surface area contributed by atoms with Crippen molar-refractivity contribution >= 4 is 13.4 Å². The van der Waals surface area contributed by atoms with Crippen molar-refractivity contribution in [3.05, 3.63) is 11.3 Å². The zero-order valence-corrected chi connectivity index (χ0v) is 14.6. The Morgan fingerprint density at radius 1 is 1.11 bits per heavy atom. The Balaban J connectivity index is 2.93. The molecule has 0 bridgehead atoms. The molecule has 0 amide bonds. The second-order valence-corrected chi connectivity index (χ2v) is 10.6. The average Bonchev–Trinajstić information content (AvgIpc) is 2.45. The van der Waals surface area contributed by atoms with Gasteiger partial charge in [-0.1, -0.05) is 63.4 Å². The summed E-state index contributed by atoms with van der Waals surface area (Å²) in [4.78, 5) is 5.08. The van der Waals surface area contributed by atoms with E-state index >= 15 is 0 Å². The van der Waals surface area contributed by atoms with Gasteiger partial charge in [0, 0.05) is 11.9 Å². The van der Waals surface area contributed by atoms with Crippen LogP contribution >= 0.6 is 0 Å². The molecular formula is C17H33NSi. The number of rotatable bonds is 4. The summed E-state index contributed by atoms with van der Waals surface area (Å²) < 4.78 is 0. The molecule has 0 fully saturated rings. The van der Waals surface area contributed by atoms with Gasteiger partial charge in [0.05, 0.1) is 0 Å². The smallest absolute Gasteiger partial charge is 0.127 e. The van der Waals surface area contributed by atoms with Crippen molar-refractivity contribution in [2.45, 2.75) is 84.7 Å². The van der Waals surface area contributed by atoms with Crippen LogP contribution in [0.5, 0.6) is 0 Å². The lowest BCUT2D eigenvalue weighted by Gasteiger charge is -2.31. The van der Waals surface area contributed by atoms with Gasteiger partial charge in [0.1, 0.15) is 8.07 Å². The van der Waals surface area contributed by atoms with Gasteiger partial charge in [-0.05, 0) is 32.6 Å². The van der Waals surface area contributed by atoms with E-state index in [1.54, 1.807) is 10.5 Å². The second-order valence-electron chi connectivity index (χ2n) is 6.05. The minimum Gasteiger partial charge on any atom is -0.298 e. The van der Waals surface area contributed by atoms with Crippen LogP contribution in [0.4, 0.5) is 0 Å². The van der Waals surface area contributed by atoms with E-state index in [-0.39, 0.29) is 0 Å². The summed E-state index contributed by atoms with van der Waals surface area (Å²) in [5.41, 5.74) is 0. The molecule has 0 aromatic heterocycles. The highest BCUT2D eigenvalue weighted by molar-refractivity contribution is 7.10. The first-order valence-electron chi connectivity index (χ1n) is 8.38. The first-order chi connectivity index (χ1) is 9.19. The van der Waals surface area contributed by atoms with E-state index in [9.17, 15) is 0 Å². The van der Waals surface area contributed by atoms with Crippen molar-refractivity contribution < 1.29 is 0 Å². The van der Waals surface area contributed by atoms with Gasteiger partial charge in [-0.15, -0.1) is 0 Å². The van der Waals surface area contributed by atoms with Gasteiger partial charge in [0.15, 0.2) is 0 Å². The molecule has 1 aliphatic heterocycles. The summed E-state index contributed by atoms with van der Waals surface area (Å²) >= 11 is 0. The summed E-state index contributed by atoms with van der Waals surface area (Å²) in [6.45, 7) is 10.6. The van der Waals surface area contributed by atoms with Crippen molar-refractivity contribution in [3.63, 3.8) is 0 Å². The fraction of sp³-hybridized carbons (Fsp3) is 0.824. The third-order valence-electron chi connectivity index (χ3n) is 4.91. The lowest BCUT2D eigenvalue weighted by molar-refractivity contribution is 0.597. The topological polar surface area (TPSA) is 12.4 Å². The molecule has 1 nitrogen and oxygen atoms in total. The number of aliphatic imine (C=N–C) groups is 1. The molecule has 1 aliphatic rings. The van der Waals surface area contributed by atoms with E-state index in [1.807, 2.05) is 0 Å². The molecule has 0 N–H and O–H groups in total. The summed E-state index contributed by atoms with van der Waals surface area (Å²) in [6, 6.07) is 1.32. The Labute approximate surface area is 121 Å². The fourth-order valence-corrected chi connectivity index (χ4v) is 7.22. The maximum atomic E-state index is 5.08. The minimum atomic E-state index is -1.43. The van der Waals surface area contributed by atoms with E-state index in [0.717, 1.165) is 6.54 Å². The standard InChI is InChI=1S/C17H33NSi/c1-5-16(6-2)19(4,7-3)17-14-12-10-8-9-11-13-15-18-17/h5H,6-15H2,1-4H3/b16-5+,18-17?. The normalized spacial score (nSPS) is 22.5. The van der Waals surface area contributed by atoms with Crippen LogP contribution in [0.3, 0.4) is 0 Å². The molecule has 0 saturated carbocycles. The van der Waals surface area contributed by atoms with Crippen molar-refractivity contribution in [2.75, 3.05) is 6.54 Å². The van der Waals surface area contributed by atoms with Crippen LogP contribution in [0.15, 0.2) is 16.3 Å².